The van der Waals surface area contributed by atoms with E-state index in [4.69, 9.17) is 10.5 Å². The molecule has 0 aliphatic heterocycles. The second kappa shape index (κ2) is 9.25. The second-order valence-corrected chi connectivity index (χ2v) is 4.48. The number of nitrogens with two attached hydrogens (primary N) is 1. The highest BCUT2D eigenvalue weighted by Gasteiger charge is 2.12. The van der Waals surface area contributed by atoms with Crippen molar-refractivity contribution in [2.45, 2.75) is 32.0 Å². The highest BCUT2D eigenvalue weighted by atomic mass is 19.3. The zero-order valence-electron chi connectivity index (χ0n) is 11.9. The van der Waals surface area contributed by atoms with E-state index in [0.29, 0.717) is 19.4 Å². The van der Waals surface area contributed by atoms with Crippen LogP contribution < -0.4 is 15.8 Å². The van der Waals surface area contributed by atoms with Gasteiger partial charge in [-0.25, -0.2) is 0 Å². The van der Waals surface area contributed by atoms with E-state index in [9.17, 15) is 13.6 Å². The summed E-state index contributed by atoms with van der Waals surface area (Å²) in [6, 6.07) is 5.47. The van der Waals surface area contributed by atoms with Gasteiger partial charge in [-0.3, -0.25) is 4.79 Å². The Morgan fingerprint density at radius 1 is 1.33 bits per heavy atom. The zero-order valence-corrected chi connectivity index (χ0v) is 11.9. The van der Waals surface area contributed by atoms with Crippen LogP contribution >= 0.6 is 0 Å². The van der Waals surface area contributed by atoms with Gasteiger partial charge in [-0.2, -0.15) is 8.78 Å². The Hall–Kier alpha value is -1.73. The molecule has 1 aromatic carbocycles. The van der Waals surface area contributed by atoms with Gasteiger partial charge in [0.25, 0.3) is 0 Å². The number of nitrogens with one attached hydrogen (secondary N) is 1. The van der Waals surface area contributed by atoms with Crippen LogP contribution in [0, 0.1) is 0 Å². The fourth-order valence-corrected chi connectivity index (χ4v) is 1.69. The Morgan fingerprint density at radius 3 is 2.57 bits per heavy atom. The number of alkyl halides is 2. The van der Waals surface area contributed by atoms with E-state index in [1.807, 2.05) is 0 Å². The molecule has 0 saturated heterocycles. The summed E-state index contributed by atoms with van der Waals surface area (Å²) in [5.41, 5.74) is 6.50. The summed E-state index contributed by atoms with van der Waals surface area (Å²) in [7, 11) is 1.59. The third-order valence-corrected chi connectivity index (χ3v) is 2.82. The van der Waals surface area contributed by atoms with Crippen LogP contribution in [0.25, 0.3) is 0 Å². The lowest BCUT2D eigenvalue weighted by molar-refractivity contribution is -0.122. The minimum absolute atomic E-state index is 0.0799. The molecule has 1 rings (SSSR count). The van der Waals surface area contributed by atoms with Gasteiger partial charge in [-0.05, 0) is 30.5 Å². The minimum Gasteiger partial charge on any atom is -0.435 e. The van der Waals surface area contributed by atoms with Gasteiger partial charge < -0.3 is 20.5 Å². The van der Waals surface area contributed by atoms with Crippen LogP contribution in [0.15, 0.2) is 24.3 Å². The van der Waals surface area contributed by atoms with Gasteiger partial charge in [-0.15, -0.1) is 0 Å². The van der Waals surface area contributed by atoms with Gasteiger partial charge in [0.1, 0.15) is 5.75 Å². The molecule has 0 aliphatic rings. The summed E-state index contributed by atoms with van der Waals surface area (Å²) < 4.78 is 33.1. The molecule has 1 amide bonds. The number of halogens is 2. The van der Waals surface area contributed by atoms with E-state index in [-0.39, 0.29) is 18.2 Å². The van der Waals surface area contributed by atoms with E-state index >= 15 is 0 Å². The standard InChI is InChI=1S/C14H20F2N2O3/c1-20-8-2-3-12(17)13(19)18-9-10-4-6-11(7-5-10)21-14(15)16/h4-7,12,14H,2-3,8-9,17H2,1H3,(H,18,19). The van der Waals surface area contributed by atoms with Gasteiger partial charge in [0.05, 0.1) is 6.04 Å². The highest BCUT2D eigenvalue weighted by molar-refractivity contribution is 5.81. The third-order valence-electron chi connectivity index (χ3n) is 2.82. The number of amides is 1. The monoisotopic (exact) mass is 302 g/mol. The first-order chi connectivity index (χ1) is 10.0. The van der Waals surface area contributed by atoms with Gasteiger partial charge in [-0.1, -0.05) is 12.1 Å². The normalized spacial score (nSPS) is 12.2. The molecule has 0 aromatic heterocycles. The number of carbonyl (C=O) groups excluding carboxylic acids is 1. The number of carbonyl (C=O) groups is 1. The van der Waals surface area contributed by atoms with Crippen LogP contribution in [0.2, 0.25) is 0 Å². The quantitative estimate of drug-likeness (QED) is 0.680. The van der Waals surface area contributed by atoms with E-state index in [1.54, 1.807) is 19.2 Å². The molecule has 0 fully saturated rings. The van der Waals surface area contributed by atoms with Crippen LogP contribution in [0.1, 0.15) is 18.4 Å². The molecule has 7 heteroatoms. The van der Waals surface area contributed by atoms with Gasteiger partial charge in [0.2, 0.25) is 5.91 Å². The summed E-state index contributed by atoms with van der Waals surface area (Å²) in [6.45, 7) is -2.00. The van der Waals surface area contributed by atoms with Crippen molar-refractivity contribution in [2.24, 2.45) is 5.73 Å². The summed E-state index contributed by atoms with van der Waals surface area (Å²) >= 11 is 0. The number of hydrogen-bond acceptors (Lipinski definition) is 4. The van der Waals surface area contributed by atoms with E-state index in [0.717, 1.165) is 5.56 Å². The average Bonchev–Trinajstić information content (AvgIpc) is 2.45. The SMILES string of the molecule is COCCCC(N)C(=O)NCc1ccc(OC(F)F)cc1. The molecule has 0 radical (unpaired) electrons. The zero-order chi connectivity index (χ0) is 15.7. The molecule has 1 unspecified atom stereocenters. The molecule has 0 saturated carbocycles. The number of ether oxygens (including phenoxy) is 2. The van der Waals surface area contributed by atoms with Crippen LogP contribution in [0.3, 0.4) is 0 Å². The van der Waals surface area contributed by atoms with Crippen LogP contribution in [-0.2, 0) is 16.1 Å². The number of benzene rings is 1. The lowest BCUT2D eigenvalue weighted by Gasteiger charge is -2.12. The Labute approximate surface area is 122 Å². The topological polar surface area (TPSA) is 73.6 Å². The smallest absolute Gasteiger partial charge is 0.387 e. The molecule has 1 aromatic rings. The van der Waals surface area contributed by atoms with Crippen molar-refractivity contribution in [2.75, 3.05) is 13.7 Å². The van der Waals surface area contributed by atoms with Crippen molar-refractivity contribution >= 4 is 5.91 Å². The largest absolute Gasteiger partial charge is 0.435 e. The van der Waals surface area contributed by atoms with Crippen LogP contribution in [0.4, 0.5) is 8.78 Å². The maximum atomic E-state index is 12.0. The van der Waals surface area contributed by atoms with Crippen molar-refractivity contribution in [1.82, 2.24) is 5.32 Å². The van der Waals surface area contributed by atoms with Gasteiger partial charge in [0.15, 0.2) is 0 Å². The van der Waals surface area contributed by atoms with Crippen molar-refractivity contribution in [3.63, 3.8) is 0 Å². The molecule has 21 heavy (non-hydrogen) atoms. The van der Waals surface area contributed by atoms with Crippen molar-refractivity contribution < 1.29 is 23.0 Å². The van der Waals surface area contributed by atoms with E-state index in [2.05, 4.69) is 10.1 Å². The summed E-state index contributed by atoms with van der Waals surface area (Å²) in [5.74, 6) is -0.171. The Kier molecular flexibility index (Phi) is 7.63. The summed E-state index contributed by atoms with van der Waals surface area (Å²) in [6.07, 6.45) is 1.26. The predicted molar refractivity (Wildman–Crippen MR) is 74.0 cm³/mol. The molecule has 5 nitrogen and oxygen atoms in total. The lowest BCUT2D eigenvalue weighted by Crippen LogP contribution is -2.40. The number of methoxy groups -OCH3 is 1. The molecular formula is C14H20F2N2O3. The van der Waals surface area contributed by atoms with Crippen LogP contribution in [0.5, 0.6) is 5.75 Å². The Morgan fingerprint density at radius 2 is 2.00 bits per heavy atom. The number of rotatable bonds is 9. The average molecular weight is 302 g/mol. The molecule has 118 valence electrons. The molecule has 0 bridgehead atoms. The van der Waals surface area contributed by atoms with Crippen molar-refractivity contribution in [1.29, 1.82) is 0 Å². The van der Waals surface area contributed by atoms with Crippen LogP contribution in [-0.4, -0.2) is 32.3 Å². The first-order valence-corrected chi connectivity index (χ1v) is 6.59. The molecule has 0 heterocycles. The summed E-state index contributed by atoms with van der Waals surface area (Å²) in [5, 5.41) is 2.69. The maximum absolute atomic E-state index is 12.0. The fraction of sp³-hybridized carbons (Fsp3) is 0.500. The van der Waals surface area contributed by atoms with Gasteiger partial charge >= 0.3 is 6.61 Å². The molecule has 0 spiro atoms. The second-order valence-electron chi connectivity index (χ2n) is 4.48. The lowest BCUT2D eigenvalue weighted by atomic mass is 10.1. The number of hydrogen-bond donors (Lipinski definition) is 2. The summed E-state index contributed by atoms with van der Waals surface area (Å²) in [4.78, 5) is 11.7. The molecule has 0 aliphatic carbocycles. The van der Waals surface area contributed by atoms with Crippen molar-refractivity contribution in [3.8, 4) is 5.75 Å². The maximum Gasteiger partial charge on any atom is 0.387 e. The van der Waals surface area contributed by atoms with E-state index < -0.39 is 12.7 Å². The Bertz CT molecular complexity index is 427. The molecule has 3 N–H and O–H groups in total. The fourth-order valence-electron chi connectivity index (χ4n) is 1.69. The third kappa shape index (κ3) is 7.01. The minimum atomic E-state index is -2.85. The first kappa shape index (κ1) is 17.3. The Balaban J connectivity index is 2.35. The van der Waals surface area contributed by atoms with Gasteiger partial charge in [0, 0.05) is 20.3 Å². The predicted octanol–water partition coefficient (Wildman–Crippen LogP) is 1.66. The molecule has 1 atom stereocenters. The highest BCUT2D eigenvalue weighted by Crippen LogP contribution is 2.14. The molecular weight excluding hydrogens is 282 g/mol. The first-order valence-electron chi connectivity index (χ1n) is 6.59. The van der Waals surface area contributed by atoms with E-state index in [1.165, 1.54) is 12.1 Å². The van der Waals surface area contributed by atoms with Crippen molar-refractivity contribution in [3.05, 3.63) is 29.8 Å².